The standard InChI is InChI=1S/Co.Li.Ni.H2O4S.H/c;;;1-5(2,3)4;/h;;;(H2,1,2,3,4);. The third kappa shape index (κ3) is 145. The predicted molar refractivity (Wildman–Crippen MR) is 21.3 cm³/mol. The van der Waals surface area contributed by atoms with Crippen LogP contribution in [0.25, 0.3) is 0 Å². The van der Waals surface area contributed by atoms with Gasteiger partial charge < -0.3 is 0 Å². The fourth-order valence-corrected chi connectivity index (χ4v) is 0. The van der Waals surface area contributed by atoms with Crippen LogP contribution in [0.5, 0.6) is 0 Å². The van der Waals surface area contributed by atoms with E-state index in [1.54, 1.807) is 0 Å². The molecule has 0 heterocycles. The van der Waals surface area contributed by atoms with Crippen molar-refractivity contribution in [2.75, 3.05) is 0 Å². The molecule has 4 nitrogen and oxygen atoms in total. The first-order valence-corrected chi connectivity index (χ1v) is 2.10. The van der Waals surface area contributed by atoms with Gasteiger partial charge in [-0.15, -0.1) is 0 Å². The molecule has 0 aromatic rings. The van der Waals surface area contributed by atoms with Gasteiger partial charge in [0.25, 0.3) is 0 Å². The van der Waals surface area contributed by atoms with Crippen molar-refractivity contribution in [2.24, 2.45) is 0 Å². The molecular formula is H3CoLiNiO4S. The molecule has 1 radical (unpaired) electrons. The molecule has 0 aromatic heterocycles. The summed E-state index contributed by atoms with van der Waals surface area (Å²) in [5.74, 6) is 0. The van der Waals surface area contributed by atoms with Crippen molar-refractivity contribution in [1.29, 1.82) is 0 Å². The van der Waals surface area contributed by atoms with Crippen LogP contribution in [0.3, 0.4) is 0 Å². The van der Waals surface area contributed by atoms with E-state index in [1.165, 1.54) is 0 Å². The maximum absolute atomic E-state index is 8.74. The van der Waals surface area contributed by atoms with Gasteiger partial charge in [0.05, 0.1) is 0 Å². The van der Waals surface area contributed by atoms with E-state index in [1.807, 2.05) is 0 Å². The summed E-state index contributed by atoms with van der Waals surface area (Å²) in [7, 11) is -4.67. The van der Waals surface area contributed by atoms with Gasteiger partial charge in [0, 0.05) is 33.3 Å². The second-order valence-corrected chi connectivity index (χ2v) is 1.34. The molecule has 2 N–H and O–H groups in total. The zero-order valence-corrected chi connectivity index (χ0v) is 5.61. The van der Waals surface area contributed by atoms with Crippen LogP contribution in [0.15, 0.2) is 0 Å². The Hall–Kier alpha value is 1.47. The molecule has 0 amide bonds. The van der Waals surface area contributed by atoms with Crippen molar-refractivity contribution in [2.45, 2.75) is 0 Å². The summed E-state index contributed by atoms with van der Waals surface area (Å²) >= 11 is 0. The Kier molecular flexibility index (Phi) is 24.0. The molecule has 0 atom stereocenters. The van der Waals surface area contributed by atoms with Gasteiger partial charge in [-0.1, -0.05) is 0 Å². The minimum Gasteiger partial charge on any atom is 0 e. The van der Waals surface area contributed by atoms with Gasteiger partial charge in [-0.05, 0) is 0 Å². The first-order chi connectivity index (χ1) is 2.00. The maximum Gasteiger partial charge on any atom is 0 e. The quantitative estimate of drug-likeness (QED) is 0.395. The van der Waals surface area contributed by atoms with Crippen LogP contribution in [0.1, 0.15) is 0 Å². The molecule has 0 bridgehead atoms. The first kappa shape index (κ1) is 22.7. The van der Waals surface area contributed by atoms with Crippen LogP contribution in [0.4, 0.5) is 0 Å². The molecule has 0 aliphatic rings. The van der Waals surface area contributed by atoms with Gasteiger partial charge in [0.15, 0.2) is 0 Å². The van der Waals surface area contributed by atoms with Gasteiger partial charge in [-0.2, -0.15) is 8.42 Å². The molecule has 8 heteroatoms. The van der Waals surface area contributed by atoms with E-state index < -0.39 is 10.4 Å². The fraction of sp³-hybridized carbons (Fsp3) is 0. The molecule has 0 aromatic carbocycles. The maximum atomic E-state index is 8.74. The molecule has 0 fully saturated rings. The summed E-state index contributed by atoms with van der Waals surface area (Å²) in [6.45, 7) is 0. The summed E-state index contributed by atoms with van der Waals surface area (Å²) in [6, 6.07) is 0. The molecule has 0 saturated carbocycles. The van der Waals surface area contributed by atoms with E-state index in [2.05, 4.69) is 0 Å². The van der Waals surface area contributed by atoms with Gasteiger partial charge >= 0.3 is 29.3 Å². The summed E-state index contributed by atoms with van der Waals surface area (Å²) in [5, 5.41) is 0. The molecule has 0 saturated heterocycles. The van der Waals surface area contributed by atoms with E-state index in [-0.39, 0.29) is 52.1 Å². The zero-order valence-electron chi connectivity index (χ0n) is 2.77. The van der Waals surface area contributed by atoms with Gasteiger partial charge in [-0.3, -0.25) is 9.11 Å². The van der Waals surface area contributed by atoms with Crippen molar-refractivity contribution in [3.8, 4) is 0 Å². The monoisotopic (exact) mass is 223 g/mol. The van der Waals surface area contributed by atoms with Crippen molar-refractivity contribution < 1.29 is 50.8 Å². The third-order valence-electron chi connectivity index (χ3n) is 0. The second-order valence-electron chi connectivity index (χ2n) is 0.448. The van der Waals surface area contributed by atoms with Crippen LogP contribution in [-0.2, 0) is 43.7 Å². The molecule has 8 heavy (non-hydrogen) atoms. The van der Waals surface area contributed by atoms with Crippen molar-refractivity contribution in [1.82, 2.24) is 0 Å². The molecule has 0 rings (SSSR count). The normalized spacial score (nSPS) is 7.25. The SMILES string of the molecule is O=S(=O)(O)O.[Co].[LiH].[Ni]. The Morgan fingerprint density at radius 2 is 1.12 bits per heavy atom. The molecule has 0 aliphatic heterocycles. The van der Waals surface area contributed by atoms with Gasteiger partial charge in [0.2, 0.25) is 0 Å². The number of rotatable bonds is 0. The van der Waals surface area contributed by atoms with Crippen LogP contribution < -0.4 is 0 Å². The van der Waals surface area contributed by atoms with Gasteiger partial charge in [0.1, 0.15) is 0 Å². The van der Waals surface area contributed by atoms with E-state index in [9.17, 15) is 0 Å². The molecule has 0 aliphatic carbocycles. The smallest absolute Gasteiger partial charge is 0 e. The summed E-state index contributed by atoms with van der Waals surface area (Å²) < 4.78 is 31.6. The Morgan fingerprint density at radius 3 is 1.12 bits per heavy atom. The first-order valence-electron chi connectivity index (χ1n) is 0.698. The van der Waals surface area contributed by atoms with E-state index in [4.69, 9.17) is 17.5 Å². The average molecular weight is 224 g/mol. The largest absolute Gasteiger partial charge is 0 e. The van der Waals surface area contributed by atoms with Crippen LogP contribution in [-0.4, -0.2) is 36.4 Å². The number of hydrogen-bond donors (Lipinski definition) is 2. The van der Waals surface area contributed by atoms with Crippen molar-refractivity contribution in [3.05, 3.63) is 0 Å². The predicted octanol–water partition coefficient (Wildman–Crippen LogP) is -1.31. The van der Waals surface area contributed by atoms with Gasteiger partial charge in [-0.25, -0.2) is 0 Å². The summed E-state index contributed by atoms with van der Waals surface area (Å²) in [6.07, 6.45) is 0. The zero-order chi connectivity index (χ0) is 4.50. The summed E-state index contributed by atoms with van der Waals surface area (Å²) in [4.78, 5) is 0. The average Bonchev–Trinajstić information content (AvgIpc) is 0.722. The van der Waals surface area contributed by atoms with E-state index in [0.29, 0.717) is 0 Å². The topological polar surface area (TPSA) is 74.6 Å². The molecule has 53 valence electrons. The third-order valence-corrected chi connectivity index (χ3v) is 0. The Labute approximate surface area is 79.7 Å². The van der Waals surface area contributed by atoms with E-state index in [0.717, 1.165) is 0 Å². The van der Waals surface area contributed by atoms with Crippen LogP contribution >= 0.6 is 0 Å². The van der Waals surface area contributed by atoms with E-state index >= 15 is 0 Å². The van der Waals surface area contributed by atoms with Crippen molar-refractivity contribution >= 4 is 29.3 Å². The summed E-state index contributed by atoms with van der Waals surface area (Å²) in [5.41, 5.74) is 0. The molecular weight excluding hydrogens is 221 g/mol. The Morgan fingerprint density at radius 1 is 1.12 bits per heavy atom. The fourth-order valence-electron chi connectivity index (χ4n) is 0. The number of hydrogen-bond acceptors (Lipinski definition) is 2. The second kappa shape index (κ2) is 8.47. The minimum absolute atomic E-state index is 0. The van der Waals surface area contributed by atoms with Crippen LogP contribution in [0, 0.1) is 0 Å². The van der Waals surface area contributed by atoms with Crippen LogP contribution in [0.2, 0.25) is 0 Å². The Balaban J connectivity index is -0.0000000267. The minimum atomic E-state index is -4.67. The Bertz CT molecular complexity index is 99.2. The molecule has 0 spiro atoms. The van der Waals surface area contributed by atoms with Crippen molar-refractivity contribution in [3.63, 3.8) is 0 Å². The molecule has 0 unspecified atom stereocenters.